The van der Waals surface area contributed by atoms with E-state index >= 15 is 0 Å². The van der Waals surface area contributed by atoms with E-state index in [2.05, 4.69) is 32.7 Å². The number of aromatic nitrogens is 4. The van der Waals surface area contributed by atoms with E-state index in [1.165, 1.54) is 11.0 Å². The quantitative estimate of drug-likeness (QED) is 0.791. The van der Waals surface area contributed by atoms with Gasteiger partial charge in [-0.2, -0.15) is 0 Å². The molecule has 0 aliphatic carbocycles. The molecule has 20 heavy (non-hydrogen) atoms. The summed E-state index contributed by atoms with van der Waals surface area (Å²) in [5.41, 5.74) is 6.50. The molecule has 1 aromatic carbocycles. The van der Waals surface area contributed by atoms with Gasteiger partial charge in [0.1, 0.15) is 12.9 Å². The maximum absolute atomic E-state index is 11.9. The van der Waals surface area contributed by atoms with Gasteiger partial charge in [0.15, 0.2) is 0 Å². The Morgan fingerprint density at radius 1 is 1.50 bits per heavy atom. The third-order valence-electron chi connectivity index (χ3n) is 2.28. The Hall–Kier alpha value is -2.43. The summed E-state index contributed by atoms with van der Waals surface area (Å²) in [6.45, 7) is 0.240. The van der Waals surface area contributed by atoms with Crippen LogP contribution in [0.5, 0.6) is 0 Å². The lowest BCUT2D eigenvalue weighted by atomic mass is 10.2. The van der Waals surface area contributed by atoms with Crippen molar-refractivity contribution >= 4 is 23.2 Å². The summed E-state index contributed by atoms with van der Waals surface area (Å²) in [5, 5.41) is 13.7. The molecule has 0 aliphatic rings. The molecule has 7 nitrogen and oxygen atoms in total. The Morgan fingerprint density at radius 2 is 2.35 bits per heavy atom. The Morgan fingerprint density at radius 3 is 3.05 bits per heavy atom. The van der Waals surface area contributed by atoms with Crippen LogP contribution in [-0.4, -0.2) is 32.7 Å². The summed E-state index contributed by atoms with van der Waals surface area (Å²) in [5.74, 6) is 5.32. The minimum absolute atomic E-state index is 0.00324. The number of tetrazole rings is 1. The minimum atomic E-state index is -0.282. The summed E-state index contributed by atoms with van der Waals surface area (Å²) in [6, 6.07) is 5.04. The van der Waals surface area contributed by atoms with Crippen molar-refractivity contribution in [2.24, 2.45) is 5.73 Å². The van der Waals surface area contributed by atoms with Gasteiger partial charge in [-0.05, 0) is 28.6 Å². The van der Waals surface area contributed by atoms with Crippen LogP contribution in [0.2, 0.25) is 5.02 Å². The van der Waals surface area contributed by atoms with Gasteiger partial charge in [0.2, 0.25) is 5.91 Å². The predicted octanol–water partition coefficient (Wildman–Crippen LogP) is 0.275. The lowest BCUT2D eigenvalue weighted by Crippen LogP contribution is -2.19. The number of hydrogen-bond acceptors (Lipinski definition) is 5. The van der Waals surface area contributed by atoms with Crippen molar-refractivity contribution in [3.8, 4) is 11.8 Å². The molecule has 0 fully saturated rings. The summed E-state index contributed by atoms with van der Waals surface area (Å²) < 4.78 is 1.31. The first kappa shape index (κ1) is 14.0. The molecule has 3 N–H and O–H groups in total. The highest BCUT2D eigenvalue weighted by atomic mass is 35.5. The maximum Gasteiger partial charge on any atom is 0.246 e. The molecule has 0 aliphatic heterocycles. The lowest BCUT2D eigenvalue weighted by molar-refractivity contribution is -0.116. The fourth-order valence-corrected chi connectivity index (χ4v) is 1.64. The normalized spacial score (nSPS) is 9.70. The molecule has 1 amide bonds. The SMILES string of the molecule is NCC#Cc1ccc(Cl)cc1NC(=O)Cn1cnnn1. The van der Waals surface area contributed by atoms with E-state index in [0.717, 1.165) is 0 Å². The van der Waals surface area contributed by atoms with Crippen LogP contribution in [0.1, 0.15) is 5.56 Å². The number of nitrogens with zero attached hydrogens (tertiary/aromatic N) is 4. The Balaban J connectivity index is 2.15. The first-order valence-corrected chi connectivity index (χ1v) is 6.06. The average Bonchev–Trinajstić information content (AvgIpc) is 2.90. The molecule has 0 saturated heterocycles. The molecule has 2 rings (SSSR count). The largest absolute Gasteiger partial charge is 0.323 e. The molecule has 0 radical (unpaired) electrons. The van der Waals surface area contributed by atoms with E-state index in [1.807, 2.05) is 0 Å². The summed E-state index contributed by atoms with van der Waals surface area (Å²) in [7, 11) is 0. The van der Waals surface area contributed by atoms with Crippen LogP contribution >= 0.6 is 11.6 Å². The van der Waals surface area contributed by atoms with Gasteiger partial charge in [0.25, 0.3) is 0 Å². The Kier molecular flexibility index (Phi) is 4.65. The standard InChI is InChI=1S/C12H11ClN6O/c13-10-4-3-9(2-1-5-14)11(6-10)16-12(20)7-19-8-15-17-18-19/h3-4,6,8H,5,7,14H2,(H,16,20). The van der Waals surface area contributed by atoms with Gasteiger partial charge in [0.05, 0.1) is 12.2 Å². The van der Waals surface area contributed by atoms with Crippen LogP contribution in [-0.2, 0) is 11.3 Å². The number of amides is 1. The van der Waals surface area contributed by atoms with E-state index < -0.39 is 0 Å². The zero-order chi connectivity index (χ0) is 14.4. The fourth-order valence-electron chi connectivity index (χ4n) is 1.46. The second kappa shape index (κ2) is 6.65. The van der Waals surface area contributed by atoms with Gasteiger partial charge in [-0.1, -0.05) is 23.4 Å². The third kappa shape index (κ3) is 3.78. The molecular formula is C12H11ClN6O. The number of carbonyl (C=O) groups excluding carboxylic acids is 1. The van der Waals surface area contributed by atoms with Gasteiger partial charge in [0, 0.05) is 10.6 Å². The molecule has 1 heterocycles. The summed E-state index contributed by atoms with van der Waals surface area (Å²) in [4.78, 5) is 11.9. The molecule has 0 unspecified atom stereocenters. The van der Waals surface area contributed by atoms with Crippen molar-refractivity contribution in [2.75, 3.05) is 11.9 Å². The number of rotatable bonds is 3. The first-order valence-electron chi connectivity index (χ1n) is 5.68. The average molecular weight is 291 g/mol. The van der Waals surface area contributed by atoms with Crippen molar-refractivity contribution < 1.29 is 4.79 Å². The predicted molar refractivity (Wildman–Crippen MR) is 73.8 cm³/mol. The lowest BCUT2D eigenvalue weighted by Gasteiger charge is -2.07. The second-order valence-electron chi connectivity index (χ2n) is 3.75. The smallest absolute Gasteiger partial charge is 0.246 e. The monoisotopic (exact) mass is 290 g/mol. The number of benzene rings is 1. The van der Waals surface area contributed by atoms with Crippen LogP contribution in [0.25, 0.3) is 0 Å². The molecule has 0 atom stereocenters. The maximum atomic E-state index is 11.9. The minimum Gasteiger partial charge on any atom is -0.323 e. The number of nitrogens with one attached hydrogen (secondary N) is 1. The van der Waals surface area contributed by atoms with Gasteiger partial charge in [-0.25, -0.2) is 4.68 Å². The highest BCUT2D eigenvalue weighted by Crippen LogP contribution is 2.20. The van der Waals surface area contributed by atoms with Gasteiger partial charge in [-0.15, -0.1) is 5.10 Å². The third-order valence-corrected chi connectivity index (χ3v) is 2.51. The van der Waals surface area contributed by atoms with Crippen molar-refractivity contribution in [2.45, 2.75) is 6.54 Å². The topological polar surface area (TPSA) is 98.7 Å². The highest BCUT2D eigenvalue weighted by Gasteiger charge is 2.08. The van der Waals surface area contributed by atoms with Gasteiger partial charge >= 0.3 is 0 Å². The van der Waals surface area contributed by atoms with E-state index in [-0.39, 0.29) is 19.0 Å². The molecule has 102 valence electrons. The number of carbonyl (C=O) groups is 1. The van der Waals surface area contributed by atoms with Gasteiger partial charge in [-0.3, -0.25) is 4.79 Å². The van der Waals surface area contributed by atoms with Crippen LogP contribution in [0.4, 0.5) is 5.69 Å². The van der Waals surface area contributed by atoms with Gasteiger partial charge < -0.3 is 11.1 Å². The zero-order valence-electron chi connectivity index (χ0n) is 10.4. The van der Waals surface area contributed by atoms with Crippen LogP contribution in [0.15, 0.2) is 24.5 Å². The van der Waals surface area contributed by atoms with E-state index in [9.17, 15) is 4.79 Å². The van der Waals surface area contributed by atoms with Crippen LogP contribution in [0.3, 0.4) is 0 Å². The Bertz CT molecular complexity index is 658. The first-order chi connectivity index (χ1) is 9.69. The second-order valence-corrected chi connectivity index (χ2v) is 4.19. The van der Waals surface area contributed by atoms with E-state index in [1.54, 1.807) is 18.2 Å². The highest BCUT2D eigenvalue weighted by molar-refractivity contribution is 6.31. The number of hydrogen-bond donors (Lipinski definition) is 2. The summed E-state index contributed by atoms with van der Waals surface area (Å²) >= 11 is 5.92. The van der Waals surface area contributed by atoms with Crippen molar-refractivity contribution in [3.63, 3.8) is 0 Å². The molecule has 0 saturated carbocycles. The van der Waals surface area contributed by atoms with Crippen LogP contribution in [0, 0.1) is 11.8 Å². The van der Waals surface area contributed by atoms with E-state index in [4.69, 9.17) is 17.3 Å². The fraction of sp³-hybridized carbons (Fsp3) is 0.167. The molecular weight excluding hydrogens is 280 g/mol. The van der Waals surface area contributed by atoms with Crippen molar-refractivity contribution in [1.82, 2.24) is 20.2 Å². The van der Waals surface area contributed by atoms with Crippen LogP contribution < -0.4 is 11.1 Å². The molecule has 2 aromatic rings. The number of anilines is 1. The van der Waals surface area contributed by atoms with Crippen molar-refractivity contribution in [1.29, 1.82) is 0 Å². The molecule has 0 bridgehead atoms. The number of nitrogens with two attached hydrogens (primary N) is 1. The Labute approximate surface area is 120 Å². The van der Waals surface area contributed by atoms with E-state index in [0.29, 0.717) is 16.3 Å². The zero-order valence-corrected chi connectivity index (χ0v) is 11.1. The molecule has 1 aromatic heterocycles. The molecule has 0 spiro atoms. The molecule has 8 heteroatoms. The summed E-state index contributed by atoms with van der Waals surface area (Å²) in [6.07, 6.45) is 1.35. The van der Waals surface area contributed by atoms with Crippen molar-refractivity contribution in [3.05, 3.63) is 35.1 Å². The number of halogens is 1.